The standard InChI is InChI=1S/C14H30N2OS/c1-6-18-10-8-12(4)16-13(5)14(17)15-9-7-11(2)3/h11-13,16H,6-10H2,1-5H3,(H,15,17). The molecule has 3 nitrogen and oxygen atoms in total. The average molecular weight is 274 g/mol. The zero-order chi connectivity index (χ0) is 14.0. The summed E-state index contributed by atoms with van der Waals surface area (Å²) in [6.07, 6.45) is 2.16. The zero-order valence-corrected chi connectivity index (χ0v) is 13.4. The lowest BCUT2D eigenvalue weighted by Gasteiger charge is -2.19. The fourth-order valence-electron chi connectivity index (χ4n) is 1.63. The molecule has 0 radical (unpaired) electrons. The Balaban J connectivity index is 3.71. The largest absolute Gasteiger partial charge is 0.355 e. The third-order valence-electron chi connectivity index (χ3n) is 2.85. The normalized spacial score (nSPS) is 14.6. The Kier molecular flexibility index (Phi) is 10.5. The van der Waals surface area contributed by atoms with E-state index in [0.717, 1.165) is 30.9 Å². The lowest BCUT2D eigenvalue weighted by atomic mass is 10.1. The van der Waals surface area contributed by atoms with Crippen LogP contribution in [0.4, 0.5) is 0 Å². The number of thioether (sulfide) groups is 1. The molecule has 0 rings (SSSR count). The second-order valence-electron chi connectivity index (χ2n) is 5.25. The van der Waals surface area contributed by atoms with E-state index in [9.17, 15) is 4.79 Å². The van der Waals surface area contributed by atoms with Gasteiger partial charge in [0.2, 0.25) is 5.91 Å². The van der Waals surface area contributed by atoms with E-state index in [1.54, 1.807) is 0 Å². The van der Waals surface area contributed by atoms with Crippen LogP contribution in [0.2, 0.25) is 0 Å². The maximum Gasteiger partial charge on any atom is 0.236 e. The van der Waals surface area contributed by atoms with E-state index < -0.39 is 0 Å². The molecular weight excluding hydrogens is 244 g/mol. The molecule has 0 saturated carbocycles. The lowest BCUT2D eigenvalue weighted by molar-refractivity contribution is -0.122. The van der Waals surface area contributed by atoms with Crippen molar-refractivity contribution in [1.29, 1.82) is 0 Å². The highest BCUT2D eigenvalue weighted by molar-refractivity contribution is 7.99. The Labute approximate surface area is 117 Å². The smallest absolute Gasteiger partial charge is 0.236 e. The van der Waals surface area contributed by atoms with Crippen LogP contribution in [-0.2, 0) is 4.79 Å². The maximum atomic E-state index is 11.8. The van der Waals surface area contributed by atoms with E-state index in [4.69, 9.17) is 0 Å². The van der Waals surface area contributed by atoms with Crippen LogP contribution < -0.4 is 10.6 Å². The highest BCUT2D eigenvalue weighted by Gasteiger charge is 2.14. The minimum Gasteiger partial charge on any atom is -0.355 e. The summed E-state index contributed by atoms with van der Waals surface area (Å²) in [4.78, 5) is 11.8. The molecule has 4 heteroatoms. The Morgan fingerprint density at radius 3 is 2.39 bits per heavy atom. The van der Waals surface area contributed by atoms with Crippen LogP contribution in [-0.4, -0.2) is 36.0 Å². The summed E-state index contributed by atoms with van der Waals surface area (Å²) in [5, 5.41) is 6.33. The van der Waals surface area contributed by atoms with Crippen LogP contribution in [0.1, 0.15) is 47.5 Å². The van der Waals surface area contributed by atoms with Crippen molar-refractivity contribution in [3.63, 3.8) is 0 Å². The Bertz CT molecular complexity index is 222. The van der Waals surface area contributed by atoms with Crippen LogP contribution in [0, 0.1) is 5.92 Å². The van der Waals surface area contributed by atoms with Gasteiger partial charge in [0.15, 0.2) is 0 Å². The van der Waals surface area contributed by atoms with Crippen LogP contribution in [0.15, 0.2) is 0 Å². The third-order valence-corrected chi connectivity index (χ3v) is 3.78. The predicted molar refractivity (Wildman–Crippen MR) is 82.1 cm³/mol. The van der Waals surface area contributed by atoms with Crippen molar-refractivity contribution in [2.24, 2.45) is 5.92 Å². The molecule has 0 saturated heterocycles. The van der Waals surface area contributed by atoms with Crippen LogP contribution in [0.3, 0.4) is 0 Å². The van der Waals surface area contributed by atoms with Crippen molar-refractivity contribution < 1.29 is 4.79 Å². The summed E-state index contributed by atoms with van der Waals surface area (Å²) in [6.45, 7) is 11.4. The Hall–Kier alpha value is -0.220. The van der Waals surface area contributed by atoms with E-state index in [0.29, 0.717) is 12.0 Å². The Morgan fingerprint density at radius 2 is 1.83 bits per heavy atom. The minimum absolute atomic E-state index is 0.0983. The summed E-state index contributed by atoms with van der Waals surface area (Å²) in [7, 11) is 0. The number of hydrogen-bond acceptors (Lipinski definition) is 3. The molecule has 0 bridgehead atoms. The monoisotopic (exact) mass is 274 g/mol. The van der Waals surface area contributed by atoms with Gasteiger partial charge in [-0.05, 0) is 44.1 Å². The molecule has 0 spiro atoms. The van der Waals surface area contributed by atoms with E-state index in [1.165, 1.54) is 0 Å². The lowest BCUT2D eigenvalue weighted by Crippen LogP contribution is -2.46. The molecule has 108 valence electrons. The molecule has 0 heterocycles. The molecule has 0 fully saturated rings. The van der Waals surface area contributed by atoms with Crippen molar-refractivity contribution in [3.8, 4) is 0 Å². The van der Waals surface area contributed by atoms with Crippen molar-refractivity contribution in [1.82, 2.24) is 10.6 Å². The van der Waals surface area contributed by atoms with Gasteiger partial charge in [-0.2, -0.15) is 11.8 Å². The molecule has 0 aromatic heterocycles. The zero-order valence-electron chi connectivity index (χ0n) is 12.6. The van der Waals surface area contributed by atoms with Gasteiger partial charge in [0, 0.05) is 12.6 Å². The second kappa shape index (κ2) is 10.7. The first-order chi connectivity index (χ1) is 8.47. The SMILES string of the molecule is CCSCCC(C)NC(C)C(=O)NCCC(C)C. The minimum atomic E-state index is -0.0983. The number of amides is 1. The van der Waals surface area contributed by atoms with E-state index in [2.05, 4.69) is 38.3 Å². The van der Waals surface area contributed by atoms with Crippen LogP contribution >= 0.6 is 11.8 Å². The highest BCUT2D eigenvalue weighted by atomic mass is 32.2. The average Bonchev–Trinajstić information content (AvgIpc) is 2.28. The first-order valence-corrected chi connectivity index (χ1v) is 8.24. The molecule has 1 amide bonds. The van der Waals surface area contributed by atoms with E-state index in [1.807, 2.05) is 18.7 Å². The van der Waals surface area contributed by atoms with Gasteiger partial charge in [0.25, 0.3) is 0 Å². The predicted octanol–water partition coefficient (Wildman–Crippen LogP) is 2.66. The summed E-state index contributed by atoms with van der Waals surface area (Å²) >= 11 is 1.95. The van der Waals surface area contributed by atoms with E-state index >= 15 is 0 Å². The highest BCUT2D eigenvalue weighted by Crippen LogP contribution is 2.04. The fourth-order valence-corrected chi connectivity index (χ4v) is 2.44. The molecule has 0 aliphatic heterocycles. The molecule has 0 aliphatic carbocycles. The van der Waals surface area contributed by atoms with E-state index in [-0.39, 0.29) is 11.9 Å². The number of nitrogens with one attached hydrogen (secondary N) is 2. The van der Waals surface area contributed by atoms with Gasteiger partial charge in [-0.25, -0.2) is 0 Å². The van der Waals surface area contributed by atoms with Crippen molar-refractivity contribution in [2.75, 3.05) is 18.1 Å². The van der Waals surface area contributed by atoms with Crippen LogP contribution in [0.25, 0.3) is 0 Å². The molecule has 2 atom stereocenters. The van der Waals surface area contributed by atoms with Gasteiger partial charge >= 0.3 is 0 Å². The second-order valence-corrected chi connectivity index (χ2v) is 6.64. The Morgan fingerprint density at radius 1 is 1.17 bits per heavy atom. The third kappa shape index (κ3) is 9.77. The quantitative estimate of drug-likeness (QED) is 0.602. The van der Waals surface area contributed by atoms with Crippen molar-refractivity contribution in [3.05, 3.63) is 0 Å². The summed E-state index contributed by atoms with van der Waals surface area (Å²) in [5.41, 5.74) is 0. The maximum absolute atomic E-state index is 11.8. The molecule has 18 heavy (non-hydrogen) atoms. The number of rotatable bonds is 10. The van der Waals surface area contributed by atoms with Gasteiger partial charge in [0.1, 0.15) is 0 Å². The molecule has 0 aliphatic rings. The fraction of sp³-hybridized carbons (Fsp3) is 0.929. The summed E-state index contributed by atoms with van der Waals surface area (Å²) in [6, 6.07) is 0.300. The molecule has 2 N–H and O–H groups in total. The van der Waals surface area contributed by atoms with Crippen molar-refractivity contribution in [2.45, 2.75) is 59.5 Å². The molecular formula is C14H30N2OS. The molecule has 2 unspecified atom stereocenters. The molecule has 0 aromatic carbocycles. The van der Waals surface area contributed by atoms with Crippen molar-refractivity contribution >= 4 is 17.7 Å². The topological polar surface area (TPSA) is 41.1 Å². The van der Waals surface area contributed by atoms with Gasteiger partial charge in [0.05, 0.1) is 6.04 Å². The number of carbonyl (C=O) groups is 1. The van der Waals surface area contributed by atoms with Gasteiger partial charge < -0.3 is 10.6 Å². The van der Waals surface area contributed by atoms with Gasteiger partial charge in [-0.15, -0.1) is 0 Å². The number of carbonyl (C=O) groups excluding carboxylic acids is 1. The summed E-state index contributed by atoms with van der Waals surface area (Å²) < 4.78 is 0. The summed E-state index contributed by atoms with van der Waals surface area (Å²) in [5.74, 6) is 3.08. The van der Waals surface area contributed by atoms with Crippen LogP contribution in [0.5, 0.6) is 0 Å². The number of hydrogen-bond donors (Lipinski definition) is 2. The first-order valence-electron chi connectivity index (χ1n) is 7.08. The van der Waals surface area contributed by atoms with Gasteiger partial charge in [-0.1, -0.05) is 20.8 Å². The van der Waals surface area contributed by atoms with Gasteiger partial charge in [-0.3, -0.25) is 4.79 Å². The first kappa shape index (κ1) is 17.8. The molecule has 0 aromatic rings.